The Balaban J connectivity index is 2.36. The monoisotopic (exact) mass is 294 g/mol. The number of nitrogens with zero attached hydrogens (tertiary/aromatic N) is 6. The zero-order chi connectivity index (χ0) is 15.3. The Labute approximate surface area is 121 Å². The van der Waals surface area contributed by atoms with E-state index in [-0.39, 0.29) is 25.1 Å². The van der Waals surface area contributed by atoms with E-state index in [1.807, 2.05) is 6.92 Å². The zero-order valence-corrected chi connectivity index (χ0v) is 11.9. The molecule has 0 spiro atoms. The smallest absolute Gasteiger partial charge is 0.258 e. The van der Waals surface area contributed by atoms with Crippen LogP contribution in [0.2, 0.25) is 0 Å². The normalized spacial score (nSPS) is 11.4. The van der Waals surface area contributed by atoms with Crippen molar-refractivity contribution >= 4 is 11.9 Å². The van der Waals surface area contributed by atoms with Crippen LogP contribution < -0.4 is 10.6 Å². The molecule has 0 aliphatic carbocycles. The third-order valence-corrected chi connectivity index (χ3v) is 2.69. The van der Waals surface area contributed by atoms with Gasteiger partial charge in [-0.05, 0) is 13.8 Å². The van der Waals surface area contributed by atoms with Gasteiger partial charge in [0.25, 0.3) is 5.95 Å². The van der Waals surface area contributed by atoms with Gasteiger partial charge in [0.2, 0.25) is 11.9 Å². The Hall–Kier alpha value is -2.33. The second kappa shape index (κ2) is 6.41. The summed E-state index contributed by atoms with van der Waals surface area (Å²) in [6, 6.07) is 0. The molecule has 0 bridgehead atoms. The SMILES string of the molecule is CCNc1nc(NC(C)(CO)CO)nc(-n2cncn2)n1. The summed E-state index contributed by atoms with van der Waals surface area (Å²) in [4.78, 5) is 16.4. The van der Waals surface area contributed by atoms with Crippen molar-refractivity contribution < 1.29 is 10.2 Å². The highest BCUT2D eigenvalue weighted by atomic mass is 16.3. The van der Waals surface area contributed by atoms with E-state index in [0.29, 0.717) is 12.5 Å². The molecule has 0 atom stereocenters. The van der Waals surface area contributed by atoms with Gasteiger partial charge in [-0.25, -0.2) is 4.98 Å². The van der Waals surface area contributed by atoms with Crippen LogP contribution in [0.1, 0.15) is 13.8 Å². The number of anilines is 2. The average Bonchev–Trinajstić information content (AvgIpc) is 3.01. The molecule has 4 N–H and O–H groups in total. The van der Waals surface area contributed by atoms with E-state index < -0.39 is 5.54 Å². The van der Waals surface area contributed by atoms with Gasteiger partial charge in [0.15, 0.2) is 0 Å². The fraction of sp³-hybridized carbons (Fsp3) is 0.545. The Morgan fingerprint density at radius 3 is 2.48 bits per heavy atom. The maximum absolute atomic E-state index is 9.34. The van der Waals surface area contributed by atoms with Gasteiger partial charge in [-0.15, -0.1) is 0 Å². The van der Waals surface area contributed by atoms with Crippen LogP contribution in [0.4, 0.5) is 11.9 Å². The predicted octanol–water partition coefficient (Wildman–Crippen LogP) is -0.961. The number of rotatable bonds is 7. The topological polar surface area (TPSA) is 134 Å². The minimum Gasteiger partial charge on any atom is -0.394 e. The van der Waals surface area contributed by atoms with Crippen LogP contribution in [0.5, 0.6) is 0 Å². The highest BCUT2D eigenvalue weighted by Crippen LogP contribution is 2.13. The number of aromatic nitrogens is 6. The van der Waals surface area contributed by atoms with Crippen LogP contribution >= 0.6 is 0 Å². The largest absolute Gasteiger partial charge is 0.394 e. The summed E-state index contributed by atoms with van der Waals surface area (Å²) in [6.45, 7) is 3.66. The molecule has 0 saturated carbocycles. The molecular formula is C11H18N8O2. The van der Waals surface area contributed by atoms with E-state index in [1.54, 1.807) is 6.92 Å². The van der Waals surface area contributed by atoms with E-state index in [2.05, 4.69) is 35.7 Å². The Morgan fingerprint density at radius 2 is 1.90 bits per heavy atom. The van der Waals surface area contributed by atoms with Gasteiger partial charge in [0.1, 0.15) is 12.7 Å². The summed E-state index contributed by atoms with van der Waals surface area (Å²) in [5.74, 6) is 0.856. The van der Waals surface area contributed by atoms with Gasteiger partial charge in [-0.1, -0.05) is 0 Å². The predicted molar refractivity (Wildman–Crippen MR) is 75.1 cm³/mol. The van der Waals surface area contributed by atoms with Crippen molar-refractivity contribution in [1.82, 2.24) is 29.7 Å². The highest BCUT2D eigenvalue weighted by Gasteiger charge is 2.24. The van der Waals surface area contributed by atoms with Crippen LogP contribution in [-0.4, -0.2) is 65.2 Å². The second-order valence-electron chi connectivity index (χ2n) is 4.65. The first-order valence-corrected chi connectivity index (χ1v) is 6.45. The Morgan fingerprint density at radius 1 is 1.19 bits per heavy atom. The zero-order valence-electron chi connectivity index (χ0n) is 11.9. The minimum atomic E-state index is -0.940. The van der Waals surface area contributed by atoms with Crippen LogP contribution in [-0.2, 0) is 0 Å². The molecular weight excluding hydrogens is 276 g/mol. The molecule has 2 rings (SSSR count). The Bertz CT molecular complexity index is 570. The standard InChI is InChI=1S/C11H18N8O2/c1-3-13-8-15-9(18-11(2,4-20)5-21)17-10(16-8)19-7-12-6-14-19/h6-7,20-21H,3-5H2,1-2H3,(H2,13,15,16,17,18). The Kier molecular flexibility index (Phi) is 4.60. The number of aliphatic hydroxyl groups is 2. The lowest BCUT2D eigenvalue weighted by Gasteiger charge is -2.26. The molecule has 10 nitrogen and oxygen atoms in total. The first-order valence-electron chi connectivity index (χ1n) is 6.45. The summed E-state index contributed by atoms with van der Waals surface area (Å²) < 4.78 is 1.39. The van der Waals surface area contributed by atoms with Gasteiger partial charge in [-0.2, -0.15) is 24.7 Å². The van der Waals surface area contributed by atoms with E-state index >= 15 is 0 Å². The van der Waals surface area contributed by atoms with Gasteiger partial charge in [0, 0.05) is 6.54 Å². The molecule has 0 saturated heterocycles. The van der Waals surface area contributed by atoms with Crippen LogP contribution in [0.25, 0.3) is 5.95 Å². The van der Waals surface area contributed by atoms with Crippen molar-refractivity contribution in [1.29, 1.82) is 0 Å². The van der Waals surface area contributed by atoms with Gasteiger partial charge >= 0.3 is 0 Å². The van der Waals surface area contributed by atoms with Crippen molar-refractivity contribution in [2.45, 2.75) is 19.4 Å². The average molecular weight is 294 g/mol. The highest BCUT2D eigenvalue weighted by molar-refractivity contribution is 5.39. The first-order chi connectivity index (χ1) is 10.1. The summed E-state index contributed by atoms with van der Waals surface area (Å²) in [5.41, 5.74) is -0.940. The summed E-state index contributed by atoms with van der Waals surface area (Å²) in [6.07, 6.45) is 2.83. The van der Waals surface area contributed by atoms with Crippen LogP contribution in [0.15, 0.2) is 12.7 Å². The third kappa shape index (κ3) is 3.61. The fourth-order valence-corrected chi connectivity index (χ4v) is 1.47. The van der Waals surface area contributed by atoms with E-state index in [9.17, 15) is 10.2 Å². The summed E-state index contributed by atoms with van der Waals surface area (Å²) in [7, 11) is 0. The molecule has 10 heteroatoms. The molecule has 0 radical (unpaired) electrons. The van der Waals surface area contributed by atoms with E-state index in [4.69, 9.17) is 0 Å². The fourth-order valence-electron chi connectivity index (χ4n) is 1.47. The van der Waals surface area contributed by atoms with Crippen molar-refractivity contribution in [3.63, 3.8) is 0 Å². The molecule has 2 heterocycles. The lowest BCUT2D eigenvalue weighted by molar-refractivity contribution is 0.147. The minimum absolute atomic E-state index is 0.219. The molecule has 21 heavy (non-hydrogen) atoms. The van der Waals surface area contributed by atoms with Crippen molar-refractivity contribution in [2.75, 3.05) is 30.4 Å². The summed E-state index contributed by atoms with van der Waals surface area (Å²) in [5, 5.41) is 28.5. The molecule has 0 aliphatic heterocycles. The number of aliphatic hydroxyl groups excluding tert-OH is 2. The van der Waals surface area contributed by atoms with Crippen LogP contribution in [0.3, 0.4) is 0 Å². The molecule has 114 valence electrons. The molecule has 0 aliphatic rings. The van der Waals surface area contributed by atoms with Crippen molar-refractivity contribution in [3.05, 3.63) is 12.7 Å². The summed E-state index contributed by atoms with van der Waals surface area (Å²) >= 11 is 0. The third-order valence-electron chi connectivity index (χ3n) is 2.69. The molecule has 0 amide bonds. The number of hydrogen-bond donors (Lipinski definition) is 4. The van der Waals surface area contributed by atoms with E-state index in [0.717, 1.165) is 0 Å². The molecule has 0 unspecified atom stereocenters. The maximum Gasteiger partial charge on any atom is 0.258 e. The molecule has 2 aromatic heterocycles. The number of hydrogen-bond acceptors (Lipinski definition) is 9. The molecule has 0 fully saturated rings. The van der Waals surface area contributed by atoms with Gasteiger partial charge in [0.05, 0.1) is 18.8 Å². The van der Waals surface area contributed by atoms with Gasteiger partial charge in [-0.3, -0.25) is 0 Å². The quantitative estimate of drug-likeness (QED) is 0.509. The van der Waals surface area contributed by atoms with Crippen molar-refractivity contribution in [2.24, 2.45) is 0 Å². The molecule has 0 aromatic carbocycles. The first kappa shape index (κ1) is 15.1. The number of nitrogens with one attached hydrogen (secondary N) is 2. The van der Waals surface area contributed by atoms with Gasteiger partial charge < -0.3 is 20.8 Å². The lowest BCUT2D eigenvalue weighted by atomic mass is 10.1. The lowest BCUT2D eigenvalue weighted by Crippen LogP contribution is -2.43. The maximum atomic E-state index is 9.34. The van der Waals surface area contributed by atoms with E-state index in [1.165, 1.54) is 17.3 Å². The van der Waals surface area contributed by atoms with Crippen LogP contribution in [0, 0.1) is 0 Å². The molecule has 2 aromatic rings. The second-order valence-corrected chi connectivity index (χ2v) is 4.65. The van der Waals surface area contributed by atoms with Crippen molar-refractivity contribution in [3.8, 4) is 5.95 Å².